The summed E-state index contributed by atoms with van der Waals surface area (Å²) < 4.78 is 25.2. The first-order chi connectivity index (χ1) is 18.0. The van der Waals surface area contributed by atoms with Gasteiger partial charge in [0.15, 0.2) is 12.5 Å². The maximum atomic E-state index is 12.0. The van der Waals surface area contributed by atoms with Crippen molar-refractivity contribution in [3.63, 3.8) is 0 Å². The van der Waals surface area contributed by atoms with Crippen LogP contribution in [0.25, 0.3) is 0 Å². The van der Waals surface area contributed by atoms with Gasteiger partial charge in [0.25, 0.3) is 5.91 Å². The van der Waals surface area contributed by atoms with Gasteiger partial charge in [0, 0.05) is 0 Å². The van der Waals surface area contributed by atoms with Gasteiger partial charge in [0.1, 0.15) is 17.8 Å². The zero-order valence-corrected chi connectivity index (χ0v) is 21.4. The molecule has 2 saturated heterocycles. The van der Waals surface area contributed by atoms with Crippen LogP contribution in [0.3, 0.4) is 0 Å². The summed E-state index contributed by atoms with van der Waals surface area (Å²) in [4.78, 5) is 12.0. The number of ether oxygens (including phenoxy) is 4. The van der Waals surface area contributed by atoms with E-state index >= 15 is 0 Å². The van der Waals surface area contributed by atoms with Crippen molar-refractivity contribution >= 4 is 5.91 Å². The second-order valence-electron chi connectivity index (χ2n) is 9.61. The minimum absolute atomic E-state index is 0.0972. The van der Waals surface area contributed by atoms with Crippen molar-refractivity contribution in [2.75, 3.05) is 13.2 Å². The highest BCUT2D eigenvalue weighted by molar-refractivity contribution is 6.01. The molecule has 2 fully saturated rings. The van der Waals surface area contributed by atoms with Crippen LogP contribution in [-0.2, 0) is 29.3 Å². The normalized spacial score (nSPS) is 23.8. The van der Waals surface area contributed by atoms with Gasteiger partial charge in [-0.1, -0.05) is 96.6 Å². The van der Waals surface area contributed by atoms with Crippen molar-refractivity contribution in [1.29, 1.82) is 0 Å². The SMILES string of the molecule is CC(C)=C1C(=O)N[C@H]1O[C@@H]1CO[C@H](C)O[C@@H]1COC(c1ccccc1)(c1ccccc1)c1ccccc1. The molecule has 1 N–H and O–H groups in total. The molecule has 6 nitrogen and oxygen atoms in total. The van der Waals surface area contributed by atoms with Crippen LogP contribution >= 0.6 is 0 Å². The summed E-state index contributed by atoms with van der Waals surface area (Å²) in [7, 11) is 0. The minimum Gasteiger partial charge on any atom is -0.358 e. The van der Waals surface area contributed by atoms with Crippen LogP contribution < -0.4 is 5.32 Å². The Balaban J connectivity index is 1.49. The monoisotopic (exact) mass is 499 g/mol. The lowest BCUT2D eigenvalue weighted by molar-refractivity contribution is -0.275. The van der Waals surface area contributed by atoms with Crippen LogP contribution in [0, 0.1) is 0 Å². The molecule has 0 saturated carbocycles. The van der Waals surface area contributed by atoms with E-state index in [9.17, 15) is 4.79 Å². The predicted octanol–water partition coefficient (Wildman–Crippen LogP) is 4.93. The Morgan fingerprint density at radius 2 is 1.41 bits per heavy atom. The molecule has 5 rings (SSSR count). The fourth-order valence-corrected chi connectivity index (χ4v) is 5.04. The van der Waals surface area contributed by atoms with Crippen molar-refractivity contribution in [3.05, 3.63) is 119 Å². The Labute approximate surface area is 218 Å². The third kappa shape index (κ3) is 5.11. The maximum absolute atomic E-state index is 12.0. The van der Waals surface area contributed by atoms with Gasteiger partial charge >= 0.3 is 0 Å². The largest absolute Gasteiger partial charge is 0.358 e. The van der Waals surface area contributed by atoms with Gasteiger partial charge in [-0.25, -0.2) is 0 Å². The molecule has 2 aliphatic heterocycles. The Morgan fingerprint density at radius 1 is 0.892 bits per heavy atom. The summed E-state index contributed by atoms with van der Waals surface area (Å²) >= 11 is 0. The number of amides is 1. The summed E-state index contributed by atoms with van der Waals surface area (Å²) in [5, 5.41) is 2.83. The molecule has 6 heteroatoms. The number of carbonyl (C=O) groups is 1. The number of β-lactam (4-membered cyclic amide) rings is 1. The van der Waals surface area contributed by atoms with Crippen LogP contribution in [-0.4, -0.2) is 43.8 Å². The summed E-state index contributed by atoms with van der Waals surface area (Å²) in [5.41, 5.74) is 3.78. The first-order valence-electron chi connectivity index (χ1n) is 12.7. The van der Waals surface area contributed by atoms with Crippen molar-refractivity contribution in [2.45, 2.75) is 51.1 Å². The number of allylic oxidation sites excluding steroid dienone is 1. The van der Waals surface area contributed by atoms with Crippen molar-refractivity contribution in [3.8, 4) is 0 Å². The van der Waals surface area contributed by atoms with Crippen LogP contribution in [0.5, 0.6) is 0 Å². The maximum Gasteiger partial charge on any atom is 0.253 e. The van der Waals surface area contributed by atoms with Crippen molar-refractivity contribution in [2.24, 2.45) is 0 Å². The number of hydrogen-bond donors (Lipinski definition) is 1. The van der Waals surface area contributed by atoms with Crippen LogP contribution in [0.15, 0.2) is 102 Å². The molecular formula is C31H33NO5. The predicted molar refractivity (Wildman–Crippen MR) is 141 cm³/mol. The van der Waals surface area contributed by atoms with E-state index in [1.165, 1.54) is 0 Å². The van der Waals surface area contributed by atoms with E-state index in [1.54, 1.807) is 0 Å². The van der Waals surface area contributed by atoms with Gasteiger partial charge in [0.05, 0.1) is 18.8 Å². The summed E-state index contributed by atoms with van der Waals surface area (Å²) in [6.45, 7) is 6.28. The highest BCUT2D eigenvalue weighted by Crippen LogP contribution is 2.41. The molecule has 2 heterocycles. The standard InChI is InChI=1S/C31H33NO5/c1-21(2)28-29(33)32-30(28)37-26-19-34-22(3)36-27(26)20-35-31(23-13-7-4-8-14-23,24-15-9-5-10-16-24)25-17-11-6-12-18-25/h4-18,22,26-27,30H,19-20H2,1-3H3,(H,32,33)/t22-,26+,27+,30-/m0/s1. The van der Waals surface area contributed by atoms with E-state index < -0.39 is 30.3 Å². The Kier molecular flexibility index (Phi) is 7.53. The quantitative estimate of drug-likeness (QED) is 0.270. The smallest absolute Gasteiger partial charge is 0.253 e. The molecular weight excluding hydrogens is 466 g/mol. The van der Waals surface area contributed by atoms with Gasteiger partial charge in [-0.2, -0.15) is 0 Å². The van der Waals surface area contributed by atoms with Crippen LogP contribution in [0.1, 0.15) is 37.5 Å². The average molecular weight is 500 g/mol. The van der Waals surface area contributed by atoms with Gasteiger partial charge in [0.2, 0.25) is 0 Å². The number of hydrogen-bond acceptors (Lipinski definition) is 5. The molecule has 0 aromatic heterocycles. The molecule has 4 atom stereocenters. The third-order valence-corrected chi connectivity index (χ3v) is 6.90. The van der Waals surface area contributed by atoms with Crippen LogP contribution in [0.4, 0.5) is 0 Å². The summed E-state index contributed by atoms with van der Waals surface area (Å²) in [6, 6.07) is 30.7. The highest BCUT2D eigenvalue weighted by atomic mass is 16.7. The molecule has 2 aliphatic rings. The van der Waals surface area contributed by atoms with Gasteiger partial charge in [-0.05, 0) is 37.5 Å². The average Bonchev–Trinajstić information content (AvgIpc) is 2.91. The number of carbonyl (C=O) groups excluding carboxylic acids is 1. The lowest BCUT2D eigenvalue weighted by Gasteiger charge is -2.42. The number of benzene rings is 3. The molecule has 0 bridgehead atoms. The molecule has 3 aromatic rings. The van der Waals surface area contributed by atoms with E-state index in [0.29, 0.717) is 12.2 Å². The second-order valence-corrected chi connectivity index (χ2v) is 9.61. The highest BCUT2D eigenvalue weighted by Gasteiger charge is 2.43. The lowest BCUT2D eigenvalue weighted by Crippen LogP contribution is -2.58. The van der Waals surface area contributed by atoms with E-state index in [-0.39, 0.29) is 12.5 Å². The second kappa shape index (κ2) is 11.0. The molecule has 0 spiro atoms. The van der Waals surface area contributed by atoms with Gasteiger partial charge in [-0.15, -0.1) is 0 Å². The van der Waals surface area contributed by atoms with Crippen LogP contribution in [0.2, 0.25) is 0 Å². The zero-order valence-electron chi connectivity index (χ0n) is 21.4. The van der Waals surface area contributed by atoms with Crippen molar-refractivity contribution in [1.82, 2.24) is 5.32 Å². The topological polar surface area (TPSA) is 66.0 Å². The molecule has 37 heavy (non-hydrogen) atoms. The zero-order chi connectivity index (χ0) is 25.8. The van der Waals surface area contributed by atoms with E-state index in [2.05, 4.69) is 41.7 Å². The third-order valence-electron chi connectivity index (χ3n) is 6.90. The molecule has 192 valence electrons. The van der Waals surface area contributed by atoms with Crippen molar-refractivity contribution < 1.29 is 23.7 Å². The number of nitrogens with one attached hydrogen (secondary N) is 1. The first-order valence-corrected chi connectivity index (χ1v) is 12.7. The molecule has 0 radical (unpaired) electrons. The lowest BCUT2D eigenvalue weighted by atomic mass is 9.80. The summed E-state index contributed by atoms with van der Waals surface area (Å²) in [5.74, 6) is -0.0972. The molecule has 1 amide bonds. The van der Waals surface area contributed by atoms with E-state index in [4.69, 9.17) is 18.9 Å². The Bertz CT molecular complexity index is 1130. The number of rotatable bonds is 8. The Morgan fingerprint density at radius 3 is 1.86 bits per heavy atom. The Hall–Kier alpha value is -3.29. The van der Waals surface area contributed by atoms with E-state index in [0.717, 1.165) is 22.3 Å². The minimum atomic E-state index is -0.866. The van der Waals surface area contributed by atoms with Gasteiger partial charge in [-0.3, -0.25) is 4.79 Å². The van der Waals surface area contributed by atoms with E-state index in [1.807, 2.05) is 75.4 Å². The molecule has 0 aliphatic carbocycles. The fourth-order valence-electron chi connectivity index (χ4n) is 5.04. The summed E-state index contributed by atoms with van der Waals surface area (Å²) in [6.07, 6.45) is -1.70. The van der Waals surface area contributed by atoms with Gasteiger partial charge < -0.3 is 24.3 Å². The molecule has 3 aromatic carbocycles. The molecule has 0 unspecified atom stereocenters. The fraction of sp³-hybridized carbons (Fsp3) is 0.323. The first kappa shape index (κ1) is 25.4.